The minimum absolute atomic E-state index is 0.141. The summed E-state index contributed by atoms with van der Waals surface area (Å²) in [5.41, 5.74) is -0.902. The SMILES string of the molecule is Cc1ccc(NC(=O)c2cc(C(F)(F)F)n(C)n2)cc1F. The van der Waals surface area contributed by atoms with Gasteiger partial charge in [0.25, 0.3) is 5.91 Å². The van der Waals surface area contributed by atoms with Gasteiger partial charge >= 0.3 is 6.18 Å². The lowest BCUT2D eigenvalue weighted by Crippen LogP contribution is -2.13. The second-order valence-corrected chi connectivity index (χ2v) is 4.45. The summed E-state index contributed by atoms with van der Waals surface area (Å²) < 4.78 is 51.7. The van der Waals surface area contributed by atoms with Crippen molar-refractivity contribution in [1.82, 2.24) is 9.78 Å². The number of anilines is 1. The molecule has 0 saturated carbocycles. The lowest BCUT2D eigenvalue weighted by atomic mass is 10.2. The van der Waals surface area contributed by atoms with Crippen LogP contribution in [0.2, 0.25) is 0 Å². The average molecular weight is 301 g/mol. The third-order valence-corrected chi connectivity index (χ3v) is 2.83. The van der Waals surface area contributed by atoms with E-state index < -0.39 is 29.3 Å². The molecule has 0 fully saturated rings. The molecule has 0 spiro atoms. The predicted octanol–water partition coefficient (Wildman–Crippen LogP) is 3.14. The molecule has 0 atom stereocenters. The van der Waals surface area contributed by atoms with E-state index in [-0.39, 0.29) is 5.69 Å². The first kappa shape index (κ1) is 15.0. The monoisotopic (exact) mass is 301 g/mol. The predicted molar refractivity (Wildman–Crippen MR) is 67.3 cm³/mol. The van der Waals surface area contributed by atoms with Crippen LogP contribution in [0.15, 0.2) is 24.3 Å². The molecular formula is C13H11F4N3O. The van der Waals surface area contributed by atoms with E-state index in [2.05, 4.69) is 10.4 Å². The van der Waals surface area contributed by atoms with Crippen molar-refractivity contribution in [2.75, 3.05) is 5.32 Å². The Morgan fingerprint density at radius 3 is 2.48 bits per heavy atom. The first-order valence-electron chi connectivity index (χ1n) is 5.87. The van der Waals surface area contributed by atoms with E-state index in [1.165, 1.54) is 12.1 Å². The highest BCUT2D eigenvalue weighted by Crippen LogP contribution is 2.29. The van der Waals surface area contributed by atoms with Gasteiger partial charge in [-0.25, -0.2) is 4.39 Å². The molecule has 0 saturated heterocycles. The Balaban J connectivity index is 2.23. The van der Waals surface area contributed by atoms with Crippen molar-refractivity contribution in [2.45, 2.75) is 13.1 Å². The number of carbonyl (C=O) groups excluding carboxylic acids is 1. The van der Waals surface area contributed by atoms with Crippen molar-refractivity contribution >= 4 is 11.6 Å². The van der Waals surface area contributed by atoms with Gasteiger partial charge < -0.3 is 5.32 Å². The van der Waals surface area contributed by atoms with Crippen molar-refractivity contribution in [3.8, 4) is 0 Å². The molecule has 0 aliphatic rings. The maximum Gasteiger partial charge on any atom is 0.433 e. The zero-order valence-corrected chi connectivity index (χ0v) is 11.1. The number of halogens is 4. The van der Waals surface area contributed by atoms with Crippen LogP contribution in [0, 0.1) is 12.7 Å². The van der Waals surface area contributed by atoms with Crippen LogP contribution in [0.25, 0.3) is 0 Å². The van der Waals surface area contributed by atoms with Gasteiger partial charge in [0.15, 0.2) is 5.69 Å². The smallest absolute Gasteiger partial charge is 0.320 e. The van der Waals surface area contributed by atoms with E-state index in [1.807, 2.05) is 0 Å². The first-order chi connectivity index (χ1) is 9.68. The maximum absolute atomic E-state index is 13.3. The molecule has 8 heteroatoms. The molecule has 0 aliphatic carbocycles. The Bertz CT molecular complexity index is 691. The van der Waals surface area contributed by atoms with Gasteiger partial charge in [0.1, 0.15) is 11.5 Å². The fourth-order valence-electron chi connectivity index (χ4n) is 1.71. The fraction of sp³-hybridized carbons (Fsp3) is 0.231. The number of rotatable bonds is 2. The van der Waals surface area contributed by atoms with E-state index in [0.717, 1.165) is 13.1 Å². The van der Waals surface area contributed by atoms with E-state index in [0.29, 0.717) is 16.3 Å². The summed E-state index contributed by atoms with van der Waals surface area (Å²) >= 11 is 0. The van der Waals surface area contributed by atoms with Crippen LogP contribution in [0.5, 0.6) is 0 Å². The molecule has 2 rings (SSSR count). The van der Waals surface area contributed by atoms with Crippen LogP contribution in [-0.2, 0) is 13.2 Å². The number of alkyl halides is 3. The zero-order valence-electron chi connectivity index (χ0n) is 11.1. The Labute approximate surface area is 117 Å². The average Bonchev–Trinajstić information content (AvgIpc) is 2.76. The van der Waals surface area contributed by atoms with Crippen molar-refractivity contribution in [3.63, 3.8) is 0 Å². The number of carbonyl (C=O) groups is 1. The van der Waals surface area contributed by atoms with Gasteiger partial charge in [-0.2, -0.15) is 18.3 Å². The largest absolute Gasteiger partial charge is 0.433 e. The highest BCUT2D eigenvalue weighted by Gasteiger charge is 2.35. The summed E-state index contributed by atoms with van der Waals surface area (Å²) in [6, 6.07) is 4.62. The van der Waals surface area contributed by atoms with Crippen molar-refractivity contribution in [1.29, 1.82) is 0 Å². The molecule has 4 nitrogen and oxygen atoms in total. The summed E-state index contributed by atoms with van der Waals surface area (Å²) in [5.74, 6) is -1.37. The summed E-state index contributed by atoms with van der Waals surface area (Å²) in [7, 11) is 1.09. The van der Waals surface area contributed by atoms with Gasteiger partial charge in [-0.3, -0.25) is 9.48 Å². The van der Waals surface area contributed by atoms with Gasteiger partial charge in [-0.1, -0.05) is 6.07 Å². The lowest BCUT2D eigenvalue weighted by molar-refractivity contribution is -0.143. The number of nitrogens with zero attached hydrogens (tertiary/aromatic N) is 2. The molecule has 21 heavy (non-hydrogen) atoms. The van der Waals surface area contributed by atoms with Crippen LogP contribution in [-0.4, -0.2) is 15.7 Å². The number of benzene rings is 1. The molecule has 1 aromatic heterocycles. The maximum atomic E-state index is 13.3. The molecule has 2 aromatic rings. The van der Waals surface area contributed by atoms with E-state index in [1.54, 1.807) is 6.92 Å². The Hall–Kier alpha value is -2.38. The van der Waals surface area contributed by atoms with Gasteiger partial charge in [-0.15, -0.1) is 0 Å². The Morgan fingerprint density at radius 2 is 1.95 bits per heavy atom. The minimum atomic E-state index is -4.60. The molecule has 1 heterocycles. The summed E-state index contributed by atoms with van der Waals surface area (Å²) in [4.78, 5) is 11.8. The first-order valence-corrected chi connectivity index (χ1v) is 5.87. The van der Waals surface area contributed by atoms with Gasteiger partial charge in [-0.05, 0) is 24.6 Å². The molecule has 1 amide bonds. The second kappa shape index (κ2) is 5.19. The quantitative estimate of drug-likeness (QED) is 0.866. The number of nitrogens with one attached hydrogen (secondary N) is 1. The molecule has 0 aliphatic heterocycles. The van der Waals surface area contributed by atoms with E-state index in [4.69, 9.17) is 0 Å². The van der Waals surface area contributed by atoms with Gasteiger partial charge in [0.2, 0.25) is 0 Å². The standard InChI is InChI=1S/C13H11F4N3O/c1-7-3-4-8(5-9(7)14)18-12(21)10-6-11(13(15,16)17)20(2)19-10/h3-6H,1-2H3,(H,18,21). The van der Waals surface area contributed by atoms with Crippen molar-refractivity contribution in [2.24, 2.45) is 7.05 Å². The number of hydrogen-bond acceptors (Lipinski definition) is 2. The van der Waals surface area contributed by atoms with Crippen molar-refractivity contribution < 1.29 is 22.4 Å². The summed E-state index contributed by atoms with van der Waals surface area (Å²) in [5, 5.41) is 5.80. The molecular weight excluding hydrogens is 290 g/mol. The summed E-state index contributed by atoms with van der Waals surface area (Å²) in [6.45, 7) is 1.55. The summed E-state index contributed by atoms with van der Waals surface area (Å²) in [6.07, 6.45) is -4.60. The molecule has 0 bridgehead atoms. The topological polar surface area (TPSA) is 46.9 Å². The molecule has 1 aromatic carbocycles. The number of aryl methyl sites for hydroxylation is 2. The Morgan fingerprint density at radius 1 is 1.29 bits per heavy atom. The molecule has 112 valence electrons. The van der Waals surface area contributed by atoms with Gasteiger partial charge in [0, 0.05) is 18.8 Å². The number of amides is 1. The molecule has 0 unspecified atom stereocenters. The Kier molecular flexibility index (Phi) is 3.71. The normalized spacial score (nSPS) is 11.5. The highest BCUT2D eigenvalue weighted by molar-refractivity contribution is 6.02. The zero-order chi connectivity index (χ0) is 15.8. The van der Waals surface area contributed by atoms with Gasteiger partial charge in [0.05, 0.1) is 0 Å². The highest BCUT2D eigenvalue weighted by atomic mass is 19.4. The molecule has 0 radical (unpaired) electrons. The number of aromatic nitrogens is 2. The lowest BCUT2D eigenvalue weighted by Gasteiger charge is -2.04. The van der Waals surface area contributed by atoms with Crippen LogP contribution in [0.4, 0.5) is 23.2 Å². The van der Waals surface area contributed by atoms with Crippen LogP contribution in [0.3, 0.4) is 0 Å². The molecule has 1 N–H and O–H groups in total. The van der Waals surface area contributed by atoms with E-state index in [9.17, 15) is 22.4 Å². The second-order valence-electron chi connectivity index (χ2n) is 4.45. The minimum Gasteiger partial charge on any atom is -0.320 e. The van der Waals surface area contributed by atoms with Crippen LogP contribution in [0.1, 0.15) is 21.7 Å². The van der Waals surface area contributed by atoms with E-state index >= 15 is 0 Å². The van der Waals surface area contributed by atoms with Crippen molar-refractivity contribution in [3.05, 3.63) is 47.0 Å². The van der Waals surface area contributed by atoms with Crippen LogP contribution < -0.4 is 5.32 Å². The third kappa shape index (κ3) is 3.21. The number of hydrogen-bond donors (Lipinski definition) is 1. The fourth-order valence-corrected chi connectivity index (χ4v) is 1.71. The van der Waals surface area contributed by atoms with Crippen LogP contribution >= 0.6 is 0 Å². The third-order valence-electron chi connectivity index (χ3n) is 2.83.